The molecule has 0 aromatic heterocycles. The van der Waals surface area contributed by atoms with Gasteiger partial charge in [-0.05, 0) is 24.5 Å². The van der Waals surface area contributed by atoms with Crippen molar-refractivity contribution in [3.63, 3.8) is 0 Å². The van der Waals surface area contributed by atoms with Crippen LogP contribution in [-0.2, 0) is 6.42 Å². The maximum atomic E-state index is 11.8. The summed E-state index contributed by atoms with van der Waals surface area (Å²) in [6.07, 6.45) is 15.8. The number of carbonyl (C=O) groups is 1. The largest absolute Gasteiger partial charge is 1.00 e. The third-order valence-electron chi connectivity index (χ3n) is 4.64. The van der Waals surface area contributed by atoms with Crippen molar-refractivity contribution >= 4 is 5.97 Å². The summed E-state index contributed by atoms with van der Waals surface area (Å²) in [5, 5.41) is 21.0. The van der Waals surface area contributed by atoms with Crippen molar-refractivity contribution in [2.24, 2.45) is 0 Å². The number of hydrogen-bond donors (Lipinski definition) is 1. The zero-order valence-electron chi connectivity index (χ0n) is 16.2. The zero-order valence-corrected chi connectivity index (χ0v) is 18.2. The second kappa shape index (κ2) is 15.7. The molecule has 0 saturated carbocycles. The molecular weight excluding hydrogens is 323 g/mol. The molecule has 0 aliphatic heterocycles. The van der Waals surface area contributed by atoms with Crippen LogP contribution in [0.5, 0.6) is 5.75 Å². The van der Waals surface area contributed by atoms with E-state index in [1.165, 1.54) is 82.4 Å². The van der Waals surface area contributed by atoms with Gasteiger partial charge in [-0.15, -0.1) is 5.75 Å². The smallest absolute Gasteiger partial charge is 0.872 e. The molecule has 4 heteroatoms. The van der Waals surface area contributed by atoms with Crippen LogP contribution in [0.4, 0.5) is 0 Å². The average molecular weight is 356 g/mol. The van der Waals surface area contributed by atoms with Gasteiger partial charge in [-0.1, -0.05) is 89.7 Å². The number of aromatic carboxylic acids is 1. The van der Waals surface area contributed by atoms with E-state index in [0.29, 0.717) is 12.0 Å². The van der Waals surface area contributed by atoms with E-state index in [0.717, 1.165) is 12.8 Å². The SMILES string of the molecule is CCCCCCCCCCCCCCc1c([O-])cccc1C(=O)O.[Na+]. The van der Waals surface area contributed by atoms with Crippen molar-refractivity contribution in [3.05, 3.63) is 29.3 Å². The Hall–Kier alpha value is -0.510. The second-order valence-electron chi connectivity index (χ2n) is 6.73. The van der Waals surface area contributed by atoms with E-state index in [2.05, 4.69) is 6.92 Å². The van der Waals surface area contributed by atoms with Crippen molar-refractivity contribution in [1.29, 1.82) is 0 Å². The molecule has 0 unspecified atom stereocenters. The third kappa shape index (κ3) is 10.9. The van der Waals surface area contributed by atoms with Crippen LogP contribution in [0, 0.1) is 0 Å². The Labute approximate surface area is 175 Å². The van der Waals surface area contributed by atoms with Crippen molar-refractivity contribution < 1.29 is 44.6 Å². The first-order valence-electron chi connectivity index (χ1n) is 9.69. The van der Waals surface area contributed by atoms with Crippen LogP contribution in [-0.4, -0.2) is 11.1 Å². The normalized spacial score (nSPS) is 10.4. The molecule has 1 rings (SSSR count). The molecule has 0 amide bonds. The first kappa shape index (κ1) is 24.5. The van der Waals surface area contributed by atoms with Crippen LogP contribution in [0.25, 0.3) is 0 Å². The predicted molar refractivity (Wildman–Crippen MR) is 97.6 cm³/mol. The molecule has 0 heterocycles. The summed E-state index contributed by atoms with van der Waals surface area (Å²) in [4.78, 5) is 11.2. The predicted octanol–water partition coefficient (Wildman–Crippen LogP) is 2.71. The molecule has 1 aromatic rings. The first-order chi connectivity index (χ1) is 11.7. The summed E-state index contributed by atoms with van der Waals surface area (Å²) in [6.45, 7) is 2.25. The van der Waals surface area contributed by atoms with Gasteiger partial charge >= 0.3 is 35.5 Å². The number of hydrogen-bond acceptors (Lipinski definition) is 2. The van der Waals surface area contributed by atoms with Gasteiger partial charge in [0.2, 0.25) is 0 Å². The minimum Gasteiger partial charge on any atom is -0.872 e. The molecule has 0 fully saturated rings. The van der Waals surface area contributed by atoms with Gasteiger partial charge in [-0.3, -0.25) is 0 Å². The Morgan fingerprint density at radius 3 is 1.84 bits per heavy atom. The fourth-order valence-electron chi connectivity index (χ4n) is 3.17. The summed E-state index contributed by atoms with van der Waals surface area (Å²) in [7, 11) is 0. The molecule has 1 aromatic carbocycles. The number of carboxylic acids is 1. The van der Waals surface area contributed by atoms with Crippen molar-refractivity contribution in [1.82, 2.24) is 0 Å². The van der Waals surface area contributed by atoms with Crippen molar-refractivity contribution in [3.8, 4) is 5.75 Å². The number of benzene rings is 1. The minimum absolute atomic E-state index is 0. The second-order valence-corrected chi connectivity index (χ2v) is 6.73. The number of carboxylic acid groups (broad SMARTS) is 1. The Morgan fingerprint density at radius 1 is 0.880 bits per heavy atom. The first-order valence-corrected chi connectivity index (χ1v) is 9.69. The summed E-state index contributed by atoms with van der Waals surface area (Å²) in [6, 6.07) is 4.51. The molecule has 25 heavy (non-hydrogen) atoms. The number of unbranched alkanes of at least 4 members (excludes halogenated alkanes) is 11. The molecule has 3 nitrogen and oxygen atoms in total. The minimum atomic E-state index is -0.998. The Kier molecular flexibility index (Phi) is 15.4. The Balaban J connectivity index is 0.00000576. The topological polar surface area (TPSA) is 60.4 Å². The van der Waals surface area contributed by atoms with Crippen LogP contribution < -0.4 is 34.7 Å². The van der Waals surface area contributed by atoms with Crippen molar-refractivity contribution in [2.75, 3.05) is 0 Å². The van der Waals surface area contributed by atoms with E-state index in [9.17, 15) is 9.90 Å². The van der Waals surface area contributed by atoms with Crippen LogP contribution in [0.15, 0.2) is 18.2 Å². The molecule has 0 aliphatic carbocycles. The van der Waals surface area contributed by atoms with E-state index >= 15 is 0 Å². The van der Waals surface area contributed by atoms with Crippen LogP contribution >= 0.6 is 0 Å². The quantitative estimate of drug-likeness (QED) is 0.412. The standard InChI is InChI=1S/C21H34O3.Na/c1-2-3-4-5-6-7-8-9-10-11-12-13-15-18-19(21(23)24)16-14-17-20(18)22;/h14,16-17,22H,2-13,15H2,1H3,(H,23,24);/q;+1/p-1. The van der Waals surface area contributed by atoms with Gasteiger partial charge in [0.15, 0.2) is 0 Å². The van der Waals surface area contributed by atoms with Gasteiger partial charge < -0.3 is 10.2 Å². The van der Waals surface area contributed by atoms with E-state index in [1.807, 2.05) is 0 Å². The van der Waals surface area contributed by atoms with Gasteiger partial charge in [-0.25, -0.2) is 4.79 Å². The molecule has 0 aliphatic rings. The van der Waals surface area contributed by atoms with Gasteiger partial charge in [0.25, 0.3) is 0 Å². The fraction of sp³-hybridized carbons (Fsp3) is 0.667. The average Bonchev–Trinajstić information content (AvgIpc) is 2.56. The molecule has 0 spiro atoms. The maximum absolute atomic E-state index is 11.8. The zero-order chi connectivity index (χ0) is 17.6. The van der Waals surface area contributed by atoms with E-state index in [1.54, 1.807) is 0 Å². The molecule has 0 bridgehead atoms. The summed E-state index contributed by atoms with van der Waals surface area (Å²) < 4.78 is 0. The van der Waals surface area contributed by atoms with E-state index in [-0.39, 0.29) is 40.9 Å². The summed E-state index contributed by atoms with van der Waals surface area (Å²) >= 11 is 0. The molecule has 136 valence electrons. The van der Waals surface area contributed by atoms with Crippen LogP contribution in [0.3, 0.4) is 0 Å². The summed E-state index contributed by atoms with van der Waals surface area (Å²) in [5.41, 5.74) is 0.641. The van der Waals surface area contributed by atoms with Gasteiger partial charge in [0, 0.05) is 0 Å². The molecule has 0 radical (unpaired) electrons. The summed E-state index contributed by atoms with van der Waals surface area (Å²) in [5.74, 6) is -1.14. The molecular formula is C21H33NaO3. The van der Waals surface area contributed by atoms with E-state index in [4.69, 9.17) is 5.11 Å². The Morgan fingerprint density at radius 2 is 1.36 bits per heavy atom. The molecule has 0 atom stereocenters. The van der Waals surface area contributed by atoms with E-state index < -0.39 is 5.97 Å². The number of rotatable bonds is 14. The van der Waals surface area contributed by atoms with Crippen LogP contribution in [0.2, 0.25) is 0 Å². The van der Waals surface area contributed by atoms with Gasteiger partial charge in [-0.2, -0.15) is 0 Å². The van der Waals surface area contributed by atoms with Gasteiger partial charge in [0.05, 0.1) is 5.56 Å². The van der Waals surface area contributed by atoms with Crippen LogP contribution in [0.1, 0.15) is 99.9 Å². The monoisotopic (exact) mass is 356 g/mol. The third-order valence-corrected chi connectivity index (χ3v) is 4.64. The molecule has 0 saturated heterocycles. The molecule has 1 N–H and O–H groups in total. The van der Waals surface area contributed by atoms with Gasteiger partial charge in [0.1, 0.15) is 0 Å². The Bertz CT molecular complexity index is 474. The fourth-order valence-corrected chi connectivity index (χ4v) is 3.17. The van der Waals surface area contributed by atoms with Crippen molar-refractivity contribution in [2.45, 2.75) is 90.4 Å². The maximum Gasteiger partial charge on any atom is 1.00 e.